The lowest BCUT2D eigenvalue weighted by Gasteiger charge is -2.29. The number of rotatable bonds is 26. The Kier molecular flexibility index (Phi) is 23.0. The van der Waals surface area contributed by atoms with E-state index in [1.165, 1.54) is 0 Å². The van der Waals surface area contributed by atoms with Crippen molar-refractivity contribution in [1.29, 1.82) is 0 Å². The van der Waals surface area contributed by atoms with E-state index in [4.69, 9.17) is 0 Å². The molecular weight excluding hydrogens is 582 g/mol. The van der Waals surface area contributed by atoms with Crippen LogP contribution in [-0.2, 0) is 24.0 Å². The highest BCUT2D eigenvalue weighted by atomic mass is 16.5. The lowest BCUT2D eigenvalue weighted by atomic mass is 9.83. The van der Waals surface area contributed by atoms with Gasteiger partial charge in [0.05, 0.1) is 0 Å². The van der Waals surface area contributed by atoms with Gasteiger partial charge in [-0.2, -0.15) is 0 Å². The molecule has 0 atom stereocenters. The summed E-state index contributed by atoms with van der Waals surface area (Å²) in [5.41, 5.74) is -0.625. The quantitative estimate of drug-likeness (QED) is 0.0522. The zero-order chi connectivity index (χ0) is 34.3. The van der Waals surface area contributed by atoms with Crippen molar-refractivity contribution in [2.45, 2.75) is 131 Å². The van der Waals surface area contributed by atoms with Crippen LogP contribution < -0.4 is 10.6 Å². The molecule has 0 aromatic heterocycles. The van der Waals surface area contributed by atoms with Crippen LogP contribution in [0.25, 0.3) is 0 Å². The van der Waals surface area contributed by atoms with Gasteiger partial charge in [-0.3, -0.25) is 39.6 Å². The molecule has 0 rings (SSSR count). The predicted molar refractivity (Wildman–Crippen MR) is 170 cm³/mol. The second kappa shape index (κ2) is 24.5. The van der Waals surface area contributed by atoms with Gasteiger partial charge in [-0.15, -0.1) is 0 Å². The van der Waals surface area contributed by atoms with Gasteiger partial charge in [0.25, 0.3) is 5.91 Å². The van der Waals surface area contributed by atoms with Crippen LogP contribution in [-0.4, -0.2) is 93.1 Å². The molecule has 13 nitrogen and oxygen atoms in total. The summed E-state index contributed by atoms with van der Waals surface area (Å²) in [5, 5.41) is 37.3. The molecule has 0 aromatic carbocycles. The molecule has 0 aliphatic rings. The Labute approximate surface area is 269 Å². The Morgan fingerprint density at radius 2 is 1.00 bits per heavy atom. The van der Waals surface area contributed by atoms with Crippen LogP contribution >= 0.6 is 0 Å². The highest BCUT2D eigenvalue weighted by Gasteiger charge is 2.32. The van der Waals surface area contributed by atoms with Crippen LogP contribution in [0.4, 0.5) is 0 Å². The van der Waals surface area contributed by atoms with E-state index in [1.54, 1.807) is 0 Å². The number of unbranched alkanes of at least 4 members (excludes halogenated alkanes) is 7. The lowest BCUT2D eigenvalue weighted by Crippen LogP contribution is -2.40. The molecule has 0 spiro atoms. The van der Waals surface area contributed by atoms with E-state index in [0.717, 1.165) is 30.7 Å². The summed E-state index contributed by atoms with van der Waals surface area (Å²) in [5.74, 6) is -1.52. The van der Waals surface area contributed by atoms with E-state index in [9.17, 15) is 39.6 Å². The summed E-state index contributed by atoms with van der Waals surface area (Å²) in [6.45, 7) is 11.3. The largest absolute Gasteiger partial charge is 0.356 e. The van der Waals surface area contributed by atoms with Crippen molar-refractivity contribution < 1.29 is 39.6 Å². The lowest BCUT2D eigenvalue weighted by molar-refractivity contribution is -0.176. The molecular formula is C32H61N5O8. The zero-order valence-corrected chi connectivity index (χ0v) is 28.4. The number of amides is 5. The minimum absolute atomic E-state index is 0.000731. The van der Waals surface area contributed by atoms with E-state index >= 15 is 0 Å². The maximum atomic E-state index is 12.4. The summed E-state index contributed by atoms with van der Waals surface area (Å²) >= 11 is 0. The monoisotopic (exact) mass is 643 g/mol. The molecule has 0 bridgehead atoms. The number of hydrogen-bond donors (Lipinski definition) is 5. The van der Waals surface area contributed by atoms with Crippen molar-refractivity contribution in [2.75, 3.05) is 32.7 Å². The molecule has 5 N–H and O–H groups in total. The van der Waals surface area contributed by atoms with Crippen LogP contribution in [0, 0.1) is 11.3 Å². The van der Waals surface area contributed by atoms with Gasteiger partial charge in [0.2, 0.25) is 23.6 Å². The highest BCUT2D eigenvalue weighted by molar-refractivity contribution is 5.84. The van der Waals surface area contributed by atoms with Crippen molar-refractivity contribution in [3.8, 4) is 0 Å². The highest BCUT2D eigenvalue weighted by Crippen LogP contribution is 2.27. The van der Waals surface area contributed by atoms with Crippen molar-refractivity contribution >= 4 is 29.5 Å². The summed E-state index contributed by atoms with van der Waals surface area (Å²) < 4.78 is 0. The number of carbonyl (C=O) groups excluding carboxylic acids is 5. The Morgan fingerprint density at radius 1 is 0.600 bits per heavy atom. The summed E-state index contributed by atoms with van der Waals surface area (Å²) in [7, 11) is 0. The molecule has 0 unspecified atom stereocenters. The van der Waals surface area contributed by atoms with E-state index < -0.39 is 17.2 Å². The number of hydroxylamine groups is 6. The minimum Gasteiger partial charge on any atom is -0.356 e. The third kappa shape index (κ3) is 21.6. The third-order valence-electron chi connectivity index (χ3n) is 7.40. The van der Waals surface area contributed by atoms with E-state index in [0.29, 0.717) is 74.1 Å². The normalized spacial score (nSPS) is 11.3. The van der Waals surface area contributed by atoms with E-state index in [2.05, 4.69) is 17.6 Å². The first kappa shape index (κ1) is 42.2. The molecule has 0 fully saturated rings. The Bertz CT molecular complexity index is 884. The molecule has 0 saturated carbocycles. The predicted octanol–water partition coefficient (Wildman–Crippen LogP) is 4.43. The Morgan fingerprint density at radius 3 is 1.40 bits per heavy atom. The number of nitrogens with one attached hydrogen (secondary N) is 2. The smallest absolute Gasteiger partial charge is 0.251 e. The first-order valence-electron chi connectivity index (χ1n) is 16.7. The van der Waals surface area contributed by atoms with Crippen molar-refractivity contribution in [3.05, 3.63) is 0 Å². The summed E-state index contributed by atoms with van der Waals surface area (Å²) in [4.78, 5) is 60.4. The second-order valence-electron chi connectivity index (χ2n) is 12.8. The maximum Gasteiger partial charge on any atom is 0.251 e. The fourth-order valence-corrected chi connectivity index (χ4v) is 4.95. The molecule has 0 aromatic rings. The van der Waals surface area contributed by atoms with Gasteiger partial charge < -0.3 is 10.6 Å². The standard InChI is InChI=1S/C32H61N5O8/c1-6-7-8-13-22-35(43)29(40)18-16-27(38)33-20-11-9-14-23-36(44)30(41)19-17-28(39)34-21-12-10-15-24-37(45)31(42)32(4,5)25-26(2)3/h26,43-45H,6-25H2,1-5H3,(H,33,38)(H,34,39). The van der Waals surface area contributed by atoms with Gasteiger partial charge in [-0.25, -0.2) is 15.2 Å². The van der Waals surface area contributed by atoms with Gasteiger partial charge >= 0.3 is 0 Å². The van der Waals surface area contributed by atoms with Crippen LogP contribution in [0.2, 0.25) is 0 Å². The van der Waals surface area contributed by atoms with Gasteiger partial charge in [0.15, 0.2) is 0 Å². The van der Waals surface area contributed by atoms with E-state index in [-0.39, 0.29) is 63.0 Å². The average molecular weight is 644 g/mol. The van der Waals surface area contributed by atoms with Gasteiger partial charge in [0, 0.05) is 63.8 Å². The van der Waals surface area contributed by atoms with E-state index in [1.807, 2.05) is 27.7 Å². The first-order valence-corrected chi connectivity index (χ1v) is 16.7. The number of nitrogens with zero attached hydrogens (tertiary/aromatic N) is 3. The summed E-state index contributed by atoms with van der Waals surface area (Å²) in [6, 6.07) is 0. The molecule has 0 aliphatic carbocycles. The number of hydrogen-bond acceptors (Lipinski definition) is 8. The SMILES string of the molecule is CCCCCCN(O)C(=O)CCC(=O)NCCCCCN(O)C(=O)CCC(=O)NCCCCCN(O)C(=O)C(C)(C)CC(C)C. The molecule has 0 radical (unpaired) electrons. The molecule has 0 saturated heterocycles. The number of carbonyl (C=O) groups is 5. The zero-order valence-electron chi connectivity index (χ0n) is 28.4. The Balaban J connectivity index is 3.87. The molecule has 0 aliphatic heterocycles. The topological polar surface area (TPSA) is 180 Å². The molecule has 262 valence electrons. The minimum atomic E-state index is -0.625. The van der Waals surface area contributed by atoms with Crippen molar-refractivity contribution in [1.82, 2.24) is 25.8 Å². The van der Waals surface area contributed by atoms with Crippen molar-refractivity contribution in [2.24, 2.45) is 11.3 Å². The molecule has 45 heavy (non-hydrogen) atoms. The summed E-state index contributed by atoms with van der Waals surface area (Å²) in [6.07, 6.45) is 8.05. The molecule has 0 heterocycles. The maximum absolute atomic E-state index is 12.4. The van der Waals surface area contributed by atoms with Crippen molar-refractivity contribution in [3.63, 3.8) is 0 Å². The Hall–Kier alpha value is -2.77. The van der Waals surface area contributed by atoms with Crippen LogP contribution in [0.1, 0.15) is 131 Å². The first-order chi connectivity index (χ1) is 21.2. The molecule has 5 amide bonds. The molecule has 13 heteroatoms. The van der Waals surface area contributed by atoms with Crippen LogP contribution in [0.3, 0.4) is 0 Å². The second-order valence-corrected chi connectivity index (χ2v) is 12.8. The third-order valence-corrected chi connectivity index (χ3v) is 7.40. The van der Waals surface area contributed by atoms with Crippen LogP contribution in [0.15, 0.2) is 0 Å². The van der Waals surface area contributed by atoms with Crippen LogP contribution in [0.5, 0.6) is 0 Å². The van der Waals surface area contributed by atoms with Gasteiger partial charge in [-0.05, 0) is 57.3 Å². The van der Waals surface area contributed by atoms with Gasteiger partial charge in [0.1, 0.15) is 0 Å². The fraction of sp³-hybridized carbons (Fsp3) is 0.844. The fourth-order valence-electron chi connectivity index (χ4n) is 4.95. The van der Waals surface area contributed by atoms with Gasteiger partial charge in [-0.1, -0.05) is 53.9 Å². The average Bonchev–Trinajstić information content (AvgIpc) is 2.98.